The molecule has 1 aromatic carbocycles. The minimum atomic E-state index is -0.331. The molecular formula is C14H15FN2O2. The Morgan fingerprint density at radius 1 is 1.47 bits per heavy atom. The maximum atomic E-state index is 13.5. The Bertz CT molecular complexity index is 681. The molecule has 1 unspecified atom stereocenters. The molecule has 4 nitrogen and oxygen atoms in total. The zero-order valence-electron chi connectivity index (χ0n) is 10.6. The highest BCUT2D eigenvalue weighted by atomic mass is 19.1. The molecule has 1 aromatic heterocycles. The fraction of sp³-hybridized carbons (Fsp3) is 0.357. The number of H-pyrrole nitrogens is 1. The largest absolute Gasteiger partial charge is 0.373 e. The van der Waals surface area contributed by atoms with Crippen molar-refractivity contribution in [2.24, 2.45) is 0 Å². The number of ether oxygens (including phenoxy) is 1. The van der Waals surface area contributed by atoms with E-state index in [4.69, 9.17) is 4.74 Å². The van der Waals surface area contributed by atoms with E-state index in [-0.39, 0.29) is 17.4 Å². The van der Waals surface area contributed by atoms with Gasteiger partial charge < -0.3 is 15.0 Å². The molecule has 1 atom stereocenters. The van der Waals surface area contributed by atoms with Gasteiger partial charge in [-0.3, -0.25) is 4.79 Å². The van der Waals surface area contributed by atoms with Crippen molar-refractivity contribution in [3.63, 3.8) is 0 Å². The van der Waals surface area contributed by atoms with Gasteiger partial charge in [0.1, 0.15) is 5.82 Å². The molecule has 0 fully saturated rings. The lowest BCUT2D eigenvalue weighted by molar-refractivity contribution is 0.0802. The molecule has 3 rings (SSSR count). The molecule has 5 heteroatoms. The fourth-order valence-corrected chi connectivity index (χ4v) is 2.65. The van der Waals surface area contributed by atoms with Gasteiger partial charge in [-0.15, -0.1) is 0 Å². The van der Waals surface area contributed by atoms with Crippen LogP contribution in [0, 0.1) is 5.82 Å². The topological polar surface area (TPSA) is 54.1 Å². The first kappa shape index (κ1) is 12.3. The number of nitrogens with one attached hydrogen (secondary N) is 2. The lowest BCUT2D eigenvalue weighted by atomic mass is 9.96. The Hall–Kier alpha value is -1.72. The highest BCUT2D eigenvalue weighted by Crippen LogP contribution is 2.29. The van der Waals surface area contributed by atoms with Gasteiger partial charge in [-0.05, 0) is 30.1 Å². The molecule has 0 saturated heterocycles. The first-order chi connectivity index (χ1) is 9.20. The summed E-state index contributed by atoms with van der Waals surface area (Å²) < 4.78 is 19.0. The van der Waals surface area contributed by atoms with Crippen molar-refractivity contribution < 1.29 is 9.13 Å². The zero-order valence-corrected chi connectivity index (χ0v) is 10.6. The Morgan fingerprint density at radius 3 is 3.11 bits per heavy atom. The van der Waals surface area contributed by atoms with Crippen molar-refractivity contribution >= 4 is 10.8 Å². The summed E-state index contributed by atoms with van der Waals surface area (Å²) in [6.45, 7) is 3.67. The SMILES string of the molecule is CCNC1COCc2[nH]c(=O)c3ccc(F)cc3c21. The molecule has 19 heavy (non-hydrogen) atoms. The zero-order chi connectivity index (χ0) is 13.4. The van der Waals surface area contributed by atoms with Crippen LogP contribution in [0.25, 0.3) is 10.8 Å². The summed E-state index contributed by atoms with van der Waals surface area (Å²) in [6, 6.07) is 4.25. The van der Waals surface area contributed by atoms with Gasteiger partial charge in [0.05, 0.1) is 19.3 Å². The van der Waals surface area contributed by atoms with Gasteiger partial charge in [-0.25, -0.2) is 4.39 Å². The van der Waals surface area contributed by atoms with Gasteiger partial charge in [0, 0.05) is 16.6 Å². The Kier molecular flexibility index (Phi) is 3.08. The number of benzene rings is 1. The molecule has 0 saturated carbocycles. The number of aromatic amines is 1. The van der Waals surface area contributed by atoms with E-state index in [1.165, 1.54) is 18.2 Å². The lowest BCUT2D eigenvalue weighted by Crippen LogP contribution is -2.32. The summed E-state index contributed by atoms with van der Waals surface area (Å²) in [5, 5.41) is 4.49. The Balaban J connectivity index is 2.32. The molecule has 2 aromatic rings. The van der Waals surface area contributed by atoms with Crippen molar-refractivity contribution in [2.75, 3.05) is 13.2 Å². The van der Waals surface area contributed by atoms with Crippen LogP contribution in [0.4, 0.5) is 4.39 Å². The van der Waals surface area contributed by atoms with Crippen LogP contribution >= 0.6 is 0 Å². The van der Waals surface area contributed by atoms with E-state index in [9.17, 15) is 9.18 Å². The van der Waals surface area contributed by atoms with Crippen molar-refractivity contribution in [2.45, 2.75) is 19.6 Å². The number of likely N-dealkylation sites (N-methyl/N-ethyl adjacent to an activating group) is 1. The molecule has 100 valence electrons. The second kappa shape index (κ2) is 4.75. The molecular weight excluding hydrogens is 247 g/mol. The first-order valence-electron chi connectivity index (χ1n) is 6.36. The maximum Gasteiger partial charge on any atom is 0.256 e. The van der Waals surface area contributed by atoms with Crippen LogP contribution < -0.4 is 10.9 Å². The van der Waals surface area contributed by atoms with Crippen molar-refractivity contribution in [3.8, 4) is 0 Å². The number of hydrogen-bond acceptors (Lipinski definition) is 3. The summed E-state index contributed by atoms with van der Waals surface area (Å²) in [5.41, 5.74) is 1.48. The quantitative estimate of drug-likeness (QED) is 0.868. The van der Waals surface area contributed by atoms with E-state index in [0.717, 1.165) is 17.8 Å². The molecule has 0 spiro atoms. The summed E-state index contributed by atoms with van der Waals surface area (Å²) in [5.74, 6) is -0.331. The molecule has 1 aliphatic heterocycles. The van der Waals surface area contributed by atoms with E-state index >= 15 is 0 Å². The minimum Gasteiger partial charge on any atom is -0.373 e. The highest BCUT2D eigenvalue weighted by molar-refractivity contribution is 5.86. The second-order valence-electron chi connectivity index (χ2n) is 4.66. The predicted molar refractivity (Wildman–Crippen MR) is 70.6 cm³/mol. The lowest BCUT2D eigenvalue weighted by Gasteiger charge is -2.27. The average molecular weight is 262 g/mol. The Labute approximate surface area is 109 Å². The number of aromatic nitrogens is 1. The van der Waals surface area contributed by atoms with Crippen LogP contribution in [0.15, 0.2) is 23.0 Å². The second-order valence-corrected chi connectivity index (χ2v) is 4.66. The van der Waals surface area contributed by atoms with Gasteiger partial charge in [0.25, 0.3) is 5.56 Å². The van der Waals surface area contributed by atoms with Crippen molar-refractivity contribution in [1.82, 2.24) is 10.3 Å². The molecule has 1 aliphatic rings. The Morgan fingerprint density at radius 2 is 2.32 bits per heavy atom. The molecule has 0 radical (unpaired) electrons. The van der Waals surface area contributed by atoms with E-state index in [1.807, 2.05) is 6.92 Å². The van der Waals surface area contributed by atoms with Crippen LogP contribution in [0.1, 0.15) is 24.2 Å². The predicted octanol–water partition coefficient (Wildman–Crippen LogP) is 1.85. The monoisotopic (exact) mass is 262 g/mol. The first-order valence-corrected chi connectivity index (χ1v) is 6.36. The van der Waals surface area contributed by atoms with Crippen molar-refractivity contribution in [1.29, 1.82) is 0 Å². The van der Waals surface area contributed by atoms with E-state index in [0.29, 0.717) is 24.0 Å². The average Bonchev–Trinajstić information content (AvgIpc) is 2.39. The number of hydrogen-bond donors (Lipinski definition) is 2. The van der Waals surface area contributed by atoms with Crippen LogP contribution in [-0.2, 0) is 11.3 Å². The van der Waals surface area contributed by atoms with Crippen LogP contribution in [0.3, 0.4) is 0 Å². The minimum absolute atomic E-state index is 0.0186. The molecule has 0 amide bonds. The maximum absolute atomic E-state index is 13.5. The summed E-state index contributed by atoms with van der Waals surface area (Å²) in [7, 11) is 0. The summed E-state index contributed by atoms with van der Waals surface area (Å²) >= 11 is 0. The van der Waals surface area contributed by atoms with Gasteiger partial charge in [0.15, 0.2) is 0 Å². The van der Waals surface area contributed by atoms with Crippen LogP contribution in [0.5, 0.6) is 0 Å². The normalized spacial score (nSPS) is 18.5. The van der Waals surface area contributed by atoms with Gasteiger partial charge in [-0.1, -0.05) is 6.92 Å². The summed E-state index contributed by atoms with van der Waals surface area (Å²) in [6.07, 6.45) is 0. The third-order valence-electron chi connectivity index (χ3n) is 3.44. The standard InChI is InChI=1S/C14H15FN2O2/c1-2-16-11-6-19-7-12-13(11)10-5-8(15)3-4-9(10)14(18)17-12/h3-5,11,16H,2,6-7H2,1H3,(H,17,18). The van der Waals surface area contributed by atoms with Crippen LogP contribution in [0.2, 0.25) is 0 Å². The highest BCUT2D eigenvalue weighted by Gasteiger charge is 2.24. The van der Waals surface area contributed by atoms with E-state index < -0.39 is 0 Å². The number of halogens is 1. The van der Waals surface area contributed by atoms with Crippen molar-refractivity contribution in [3.05, 3.63) is 45.6 Å². The fourth-order valence-electron chi connectivity index (χ4n) is 2.65. The summed E-state index contributed by atoms with van der Waals surface area (Å²) in [4.78, 5) is 14.8. The van der Waals surface area contributed by atoms with E-state index in [2.05, 4.69) is 10.3 Å². The third kappa shape index (κ3) is 2.05. The third-order valence-corrected chi connectivity index (χ3v) is 3.44. The van der Waals surface area contributed by atoms with Gasteiger partial charge in [0.2, 0.25) is 0 Å². The number of rotatable bonds is 2. The molecule has 0 bridgehead atoms. The van der Waals surface area contributed by atoms with Gasteiger partial charge >= 0.3 is 0 Å². The van der Waals surface area contributed by atoms with Gasteiger partial charge in [-0.2, -0.15) is 0 Å². The molecule has 0 aliphatic carbocycles. The van der Waals surface area contributed by atoms with Crippen LogP contribution in [-0.4, -0.2) is 18.1 Å². The molecule has 2 heterocycles. The van der Waals surface area contributed by atoms with E-state index in [1.54, 1.807) is 0 Å². The molecule has 2 N–H and O–H groups in total. The number of pyridine rings is 1. The number of fused-ring (bicyclic) bond motifs is 3. The smallest absolute Gasteiger partial charge is 0.256 e.